The predicted molar refractivity (Wildman–Crippen MR) is 117 cm³/mol. The molecule has 0 aliphatic carbocycles. The van der Waals surface area contributed by atoms with Gasteiger partial charge < -0.3 is 19.6 Å². The van der Waals surface area contributed by atoms with E-state index in [1.54, 1.807) is 0 Å². The minimum Gasteiger partial charge on any atom is -0.367 e. The van der Waals surface area contributed by atoms with Crippen molar-refractivity contribution in [3.63, 3.8) is 0 Å². The monoisotopic (exact) mass is 445 g/mol. The van der Waals surface area contributed by atoms with Crippen molar-refractivity contribution in [2.75, 3.05) is 74.1 Å². The average molecular weight is 445 g/mol. The molecule has 1 aromatic carbocycles. The molecule has 10 heteroatoms. The number of alkyl halides is 3. The summed E-state index contributed by atoms with van der Waals surface area (Å²) in [5.74, 6) is 1.60. The van der Waals surface area contributed by atoms with E-state index in [0.29, 0.717) is 31.9 Å². The molecule has 2 saturated heterocycles. The van der Waals surface area contributed by atoms with E-state index in [2.05, 4.69) is 26.7 Å². The zero-order chi connectivity index (χ0) is 22.9. The lowest BCUT2D eigenvalue weighted by Gasteiger charge is -2.38. The van der Waals surface area contributed by atoms with Crippen LogP contribution in [-0.2, 0) is 6.18 Å². The predicted octanol–water partition coefficient (Wildman–Crippen LogP) is 2.75. The van der Waals surface area contributed by atoms with Gasteiger partial charge in [-0.05, 0) is 32.2 Å². The standard InChI is InChI=1S/C22H26F3N7/c1-16-13-20(28-21(27-16)32-7-5-29(2)6-8-32)31-11-9-30(10-12-31)19-4-3-18(22(23,24)25)14-17(19)15-26/h3-4,13-14H,5-12H2,1-2H3. The highest BCUT2D eigenvalue weighted by Crippen LogP contribution is 2.33. The van der Waals surface area contributed by atoms with Gasteiger partial charge in [0.15, 0.2) is 0 Å². The molecular formula is C22H26F3N7. The lowest BCUT2D eigenvalue weighted by atomic mass is 10.1. The first-order chi connectivity index (χ1) is 15.2. The lowest BCUT2D eigenvalue weighted by Crippen LogP contribution is -2.47. The van der Waals surface area contributed by atoms with E-state index in [0.717, 1.165) is 55.8 Å². The molecule has 0 saturated carbocycles. The maximum absolute atomic E-state index is 13.0. The maximum Gasteiger partial charge on any atom is 0.416 e. The first-order valence-electron chi connectivity index (χ1n) is 10.6. The number of aromatic nitrogens is 2. The van der Waals surface area contributed by atoms with Crippen LogP contribution in [0.4, 0.5) is 30.6 Å². The normalized spacial score (nSPS) is 18.1. The summed E-state index contributed by atoms with van der Waals surface area (Å²) >= 11 is 0. The number of benzene rings is 1. The molecule has 0 atom stereocenters. The van der Waals surface area contributed by atoms with Crippen LogP contribution in [0.15, 0.2) is 24.3 Å². The van der Waals surface area contributed by atoms with Crippen molar-refractivity contribution < 1.29 is 13.2 Å². The Morgan fingerprint density at radius 2 is 1.50 bits per heavy atom. The van der Waals surface area contributed by atoms with Gasteiger partial charge in [-0.25, -0.2) is 4.98 Å². The van der Waals surface area contributed by atoms with Crippen LogP contribution in [0.2, 0.25) is 0 Å². The third-order valence-electron chi connectivity index (χ3n) is 6.00. The number of likely N-dealkylation sites (N-methyl/N-ethyl adjacent to an activating group) is 1. The third kappa shape index (κ3) is 4.72. The van der Waals surface area contributed by atoms with Crippen molar-refractivity contribution in [1.29, 1.82) is 5.26 Å². The van der Waals surface area contributed by atoms with Crippen molar-refractivity contribution in [3.05, 3.63) is 41.1 Å². The average Bonchev–Trinajstić information content (AvgIpc) is 2.78. The number of nitrogens with zero attached hydrogens (tertiary/aromatic N) is 7. The first kappa shape index (κ1) is 22.1. The van der Waals surface area contributed by atoms with Crippen LogP contribution in [0.25, 0.3) is 0 Å². The smallest absolute Gasteiger partial charge is 0.367 e. The summed E-state index contributed by atoms with van der Waals surface area (Å²) in [5.41, 5.74) is 0.686. The molecule has 2 fully saturated rings. The SMILES string of the molecule is Cc1cc(N2CCN(c3ccc(C(F)(F)F)cc3C#N)CC2)nc(N2CCN(C)CC2)n1. The van der Waals surface area contributed by atoms with Crippen LogP contribution in [0.5, 0.6) is 0 Å². The molecule has 1 aromatic heterocycles. The second kappa shape index (κ2) is 8.82. The summed E-state index contributed by atoms with van der Waals surface area (Å²) in [4.78, 5) is 18.0. The highest BCUT2D eigenvalue weighted by atomic mass is 19.4. The Bertz CT molecular complexity index is 1000. The Morgan fingerprint density at radius 1 is 0.875 bits per heavy atom. The number of anilines is 3. The fourth-order valence-electron chi connectivity index (χ4n) is 4.10. The third-order valence-corrected chi connectivity index (χ3v) is 6.00. The molecule has 32 heavy (non-hydrogen) atoms. The number of halogens is 3. The number of rotatable bonds is 3. The minimum atomic E-state index is -4.46. The lowest BCUT2D eigenvalue weighted by molar-refractivity contribution is -0.137. The number of aryl methyl sites for hydroxylation is 1. The van der Waals surface area contributed by atoms with Crippen molar-refractivity contribution in [2.45, 2.75) is 13.1 Å². The van der Waals surface area contributed by atoms with E-state index >= 15 is 0 Å². The van der Waals surface area contributed by atoms with Gasteiger partial charge in [-0.1, -0.05) is 0 Å². The second-order valence-corrected chi connectivity index (χ2v) is 8.27. The second-order valence-electron chi connectivity index (χ2n) is 8.27. The van der Waals surface area contributed by atoms with Crippen molar-refractivity contribution >= 4 is 17.5 Å². The van der Waals surface area contributed by atoms with Gasteiger partial charge in [0, 0.05) is 64.1 Å². The molecule has 2 aromatic rings. The molecule has 0 spiro atoms. The van der Waals surface area contributed by atoms with Gasteiger partial charge in [0.25, 0.3) is 0 Å². The highest BCUT2D eigenvalue weighted by Gasteiger charge is 2.32. The fraction of sp³-hybridized carbons (Fsp3) is 0.500. The largest absolute Gasteiger partial charge is 0.416 e. The van der Waals surface area contributed by atoms with Gasteiger partial charge in [-0.15, -0.1) is 0 Å². The Morgan fingerprint density at radius 3 is 2.12 bits per heavy atom. The van der Waals surface area contributed by atoms with Crippen molar-refractivity contribution in [2.24, 2.45) is 0 Å². The van der Waals surface area contributed by atoms with Crippen molar-refractivity contribution in [1.82, 2.24) is 14.9 Å². The molecule has 2 aliphatic rings. The van der Waals surface area contributed by atoms with Crippen LogP contribution >= 0.6 is 0 Å². The number of piperazine rings is 2. The molecule has 0 radical (unpaired) electrons. The molecular weight excluding hydrogens is 419 g/mol. The Kier molecular flexibility index (Phi) is 6.11. The van der Waals surface area contributed by atoms with Crippen LogP contribution in [0.3, 0.4) is 0 Å². The van der Waals surface area contributed by atoms with Gasteiger partial charge in [0.1, 0.15) is 11.9 Å². The molecule has 0 unspecified atom stereocenters. The molecule has 170 valence electrons. The zero-order valence-corrected chi connectivity index (χ0v) is 18.2. The number of hydrogen-bond donors (Lipinski definition) is 0. The van der Waals surface area contributed by atoms with E-state index < -0.39 is 11.7 Å². The molecule has 0 bridgehead atoms. The van der Waals surface area contributed by atoms with Gasteiger partial charge in [0.2, 0.25) is 5.95 Å². The topological polar surface area (TPSA) is 62.5 Å². The maximum atomic E-state index is 13.0. The molecule has 7 nitrogen and oxygen atoms in total. The number of hydrogen-bond acceptors (Lipinski definition) is 7. The Hall–Kier alpha value is -3.06. The summed E-state index contributed by atoms with van der Waals surface area (Å²) in [7, 11) is 2.10. The van der Waals surface area contributed by atoms with E-state index in [1.807, 2.05) is 24.0 Å². The van der Waals surface area contributed by atoms with Crippen LogP contribution in [0, 0.1) is 18.3 Å². The zero-order valence-electron chi connectivity index (χ0n) is 18.2. The van der Waals surface area contributed by atoms with E-state index in [9.17, 15) is 18.4 Å². The minimum absolute atomic E-state index is 0.0449. The van der Waals surface area contributed by atoms with E-state index in [1.165, 1.54) is 6.07 Å². The summed E-state index contributed by atoms with van der Waals surface area (Å²) < 4.78 is 39.0. The Balaban J connectivity index is 1.47. The number of nitriles is 1. The summed E-state index contributed by atoms with van der Waals surface area (Å²) in [6, 6.07) is 7.25. The summed E-state index contributed by atoms with van der Waals surface area (Å²) in [6.07, 6.45) is -4.46. The summed E-state index contributed by atoms with van der Waals surface area (Å²) in [6.45, 7) is 8.17. The van der Waals surface area contributed by atoms with Gasteiger partial charge in [-0.3, -0.25) is 0 Å². The van der Waals surface area contributed by atoms with Crippen molar-refractivity contribution in [3.8, 4) is 6.07 Å². The first-order valence-corrected chi connectivity index (χ1v) is 10.6. The molecule has 3 heterocycles. The molecule has 4 rings (SSSR count). The molecule has 0 N–H and O–H groups in total. The Labute approximate surface area is 185 Å². The fourth-order valence-corrected chi connectivity index (χ4v) is 4.10. The van der Waals surface area contributed by atoms with Gasteiger partial charge in [0.05, 0.1) is 16.8 Å². The van der Waals surface area contributed by atoms with Gasteiger partial charge in [-0.2, -0.15) is 23.4 Å². The van der Waals surface area contributed by atoms with Crippen LogP contribution < -0.4 is 14.7 Å². The van der Waals surface area contributed by atoms with Gasteiger partial charge >= 0.3 is 6.18 Å². The van der Waals surface area contributed by atoms with Crippen LogP contribution in [0.1, 0.15) is 16.8 Å². The van der Waals surface area contributed by atoms with Crippen LogP contribution in [-0.4, -0.2) is 74.3 Å². The quantitative estimate of drug-likeness (QED) is 0.720. The highest BCUT2D eigenvalue weighted by molar-refractivity contribution is 5.62. The summed E-state index contributed by atoms with van der Waals surface area (Å²) in [5, 5.41) is 9.39. The van der Waals surface area contributed by atoms with E-state index in [-0.39, 0.29) is 5.56 Å². The molecule has 2 aliphatic heterocycles. The van der Waals surface area contributed by atoms with E-state index in [4.69, 9.17) is 4.98 Å². The molecule has 0 amide bonds.